The number of para-hydroxylation sites is 1. The van der Waals surface area contributed by atoms with Crippen molar-refractivity contribution < 1.29 is 9.59 Å². The van der Waals surface area contributed by atoms with E-state index in [1.54, 1.807) is 4.90 Å². The molecule has 0 radical (unpaired) electrons. The molecule has 29 heavy (non-hydrogen) atoms. The highest BCUT2D eigenvalue weighted by molar-refractivity contribution is 6.00. The smallest absolute Gasteiger partial charge is 0.270 e. The number of nitrogens with one attached hydrogen (secondary N) is 1. The third-order valence-electron chi connectivity index (χ3n) is 4.73. The number of nitrogens with zero attached hydrogens (tertiary/aromatic N) is 2. The fourth-order valence-electron chi connectivity index (χ4n) is 3.44. The van der Waals surface area contributed by atoms with Gasteiger partial charge < -0.3 is 14.8 Å². The summed E-state index contributed by atoms with van der Waals surface area (Å²) >= 11 is 0. The van der Waals surface area contributed by atoms with Gasteiger partial charge in [0.1, 0.15) is 5.69 Å². The van der Waals surface area contributed by atoms with Gasteiger partial charge in [-0.1, -0.05) is 48.5 Å². The van der Waals surface area contributed by atoms with Gasteiger partial charge in [0.25, 0.3) is 5.91 Å². The zero-order valence-electron chi connectivity index (χ0n) is 17.6. The van der Waals surface area contributed by atoms with Gasteiger partial charge in [-0.15, -0.1) is 0 Å². The van der Waals surface area contributed by atoms with Gasteiger partial charge in [-0.05, 0) is 45.4 Å². The molecule has 0 aliphatic rings. The molecule has 152 valence electrons. The SMILES string of the molecule is CCN(CC(=O)NC(C)(C)C)C(=O)c1cc2ccccc2n1Cc1ccccc1. The summed E-state index contributed by atoms with van der Waals surface area (Å²) in [5, 5.41) is 3.95. The third-order valence-corrected chi connectivity index (χ3v) is 4.73. The average Bonchev–Trinajstić information content (AvgIpc) is 3.03. The summed E-state index contributed by atoms with van der Waals surface area (Å²) < 4.78 is 2.04. The van der Waals surface area contributed by atoms with Crippen LogP contribution in [0.3, 0.4) is 0 Å². The Morgan fingerprint density at radius 2 is 1.66 bits per heavy atom. The first kappa shape index (κ1) is 20.6. The molecule has 2 aromatic carbocycles. The molecule has 5 heteroatoms. The highest BCUT2D eigenvalue weighted by atomic mass is 16.2. The number of amides is 2. The molecule has 2 amide bonds. The summed E-state index contributed by atoms with van der Waals surface area (Å²) in [7, 11) is 0. The van der Waals surface area contributed by atoms with E-state index in [2.05, 4.69) is 17.4 Å². The summed E-state index contributed by atoms with van der Waals surface area (Å²) in [6.45, 7) is 8.79. The van der Waals surface area contributed by atoms with Crippen LogP contribution < -0.4 is 5.32 Å². The van der Waals surface area contributed by atoms with Crippen LogP contribution in [0.5, 0.6) is 0 Å². The van der Waals surface area contributed by atoms with Gasteiger partial charge in [-0.25, -0.2) is 0 Å². The van der Waals surface area contributed by atoms with E-state index < -0.39 is 0 Å². The van der Waals surface area contributed by atoms with Crippen molar-refractivity contribution in [3.8, 4) is 0 Å². The van der Waals surface area contributed by atoms with Crippen molar-refractivity contribution in [1.29, 1.82) is 0 Å². The minimum atomic E-state index is -0.332. The topological polar surface area (TPSA) is 54.3 Å². The lowest BCUT2D eigenvalue weighted by Crippen LogP contribution is -2.47. The Balaban J connectivity index is 1.93. The number of hydrogen-bond acceptors (Lipinski definition) is 2. The second kappa shape index (κ2) is 8.52. The second-order valence-corrected chi connectivity index (χ2v) is 8.28. The second-order valence-electron chi connectivity index (χ2n) is 8.28. The van der Waals surface area contributed by atoms with Crippen molar-refractivity contribution in [1.82, 2.24) is 14.8 Å². The van der Waals surface area contributed by atoms with Crippen LogP contribution in [-0.4, -0.2) is 39.9 Å². The molecule has 3 aromatic rings. The van der Waals surface area contributed by atoms with E-state index in [9.17, 15) is 9.59 Å². The van der Waals surface area contributed by atoms with Crippen molar-refractivity contribution >= 4 is 22.7 Å². The number of likely N-dealkylation sites (N-methyl/N-ethyl adjacent to an activating group) is 1. The van der Waals surface area contributed by atoms with Gasteiger partial charge in [0.15, 0.2) is 0 Å². The van der Waals surface area contributed by atoms with Crippen LogP contribution in [0, 0.1) is 0 Å². The molecule has 0 saturated carbocycles. The summed E-state index contributed by atoms with van der Waals surface area (Å²) in [5.74, 6) is -0.290. The average molecular weight is 392 g/mol. The first-order valence-electron chi connectivity index (χ1n) is 10.0. The van der Waals surface area contributed by atoms with Crippen LogP contribution >= 0.6 is 0 Å². The fourth-order valence-corrected chi connectivity index (χ4v) is 3.44. The van der Waals surface area contributed by atoms with Crippen LogP contribution in [0.25, 0.3) is 10.9 Å². The monoisotopic (exact) mass is 391 g/mol. The Bertz CT molecular complexity index is 1000. The quantitative estimate of drug-likeness (QED) is 0.689. The Labute approximate surface area is 172 Å². The van der Waals surface area contributed by atoms with Gasteiger partial charge in [0.2, 0.25) is 5.91 Å². The van der Waals surface area contributed by atoms with Gasteiger partial charge >= 0.3 is 0 Å². The van der Waals surface area contributed by atoms with Crippen LogP contribution in [0.4, 0.5) is 0 Å². The number of benzene rings is 2. The van der Waals surface area contributed by atoms with Gasteiger partial charge in [-0.3, -0.25) is 9.59 Å². The Kier molecular flexibility index (Phi) is 6.06. The highest BCUT2D eigenvalue weighted by Gasteiger charge is 2.24. The van der Waals surface area contributed by atoms with Crippen LogP contribution in [0.15, 0.2) is 60.7 Å². The molecule has 0 aliphatic heterocycles. The Morgan fingerprint density at radius 1 is 1.00 bits per heavy atom. The molecule has 0 fully saturated rings. The van der Waals surface area contributed by atoms with Gasteiger partial charge in [0.05, 0.1) is 6.54 Å². The molecular formula is C24H29N3O2. The summed E-state index contributed by atoms with van der Waals surface area (Å²) in [6.07, 6.45) is 0. The van der Waals surface area contributed by atoms with Crippen LogP contribution in [0.1, 0.15) is 43.7 Å². The van der Waals surface area contributed by atoms with Gasteiger partial charge in [-0.2, -0.15) is 0 Å². The molecule has 5 nitrogen and oxygen atoms in total. The lowest BCUT2D eigenvalue weighted by atomic mass is 10.1. The molecule has 3 rings (SSSR count). The zero-order chi connectivity index (χ0) is 21.0. The molecule has 1 N–H and O–H groups in total. The number of hydrogen-bond donors (Lipinski definition) is 1. The first-order chi connectivity index (χ1) is 13.8. The van der Waals surface area contributed by atoms with Crippen molar-refractivity contribution in [2.24, 2.45) is 0 Å². The normalized spacial score (nSPS) is 11.4. The maximum Gasteiger partial charge on any atom is 0.270 e. The predicted molar refractivity (Wildman–Crippen MR) is 117 cm³/mol. The summed E-state index contributed by atoms with van der Waals surface area (Å²) in [6, 6.07) is 20.0. The molecule has 0 spiro atoms. The predicted octanol–water partition coefficient (Wildman–Crippen LogP) is 4.07. The lowest BCUT2D eigenvalue weighted by Gasteiger charge is -2.25. The maximum absolute atomic E-state index is 13.4. The van der Waals surface area contributed by atoms with Crippen molar-refractivity contribution in [3.05, 3.63) is 71.9 Å². The minimum Gasteiger partial charge on any atom is -0.350 e. The van der Waals surface area contributed by atoms with Crippen LogP contribution in [-0.2, 0) is 11.3 Å². The summed E-state index contributed by atoms with van der Waals surface area (Å²) in [5.41, 5.74) is 2.40. The third kappa shape index (κ3) is 5.05. The Hall–Kier alpha value is -3.08. The van der Waals surface area contributed by atoms with Crippen molar-refractivity contribution in [2.45, 2.75) is 39.8 Å². The Morgan fingerprint density at radius 3 is 2.31 bits per heavy atom. The minimum absolute atomic E-state index is 0.0411. The van der Waals surface area contributed by atoms with E-state index in [1.165, 1.54) is 0 Å². The number of rotatable bonds is 6. The van der Waals surface area contributed by atoms with Crippen LogP contribution in [0.2, 0.25) is 0 Å². The van der Waals surface area contributed by atoms with E-state index in [4.69, 9.17) is 0 Å². The van der Waals surface area contributed by atoms with E-state index in [0.717, 1.165) is 16.5 Å². The number of fused-ring (bicyclic) bond motifs is 1. The molecule has 0 aliphatic carbocycles. The standard InChI is InChI=1S/C24H29N3O2/c1-5-26(17-22(28)25-24(2,3)4)23(29)21-15-19-13-9-10-14-20(19)27(21)16-18-11-7-6-8-12-18/h6-15H,5,16-17H2,1-4H3,(H,25,28). The van der Waals surface area contributed by atoms with E-state index in [0.29, 0.717) is 18.8 Å². The molecule has 1 aromatic heterocycles. The zero-order valence-corrected chi connectivity index (χ0v) is 17.6. The highest BCUT2D eigenvalue weighted by Crippen LogP contribution is 2.22. The maximum atomic E-state index is 13.4. The van der Waals surface area contributed by atoms with Crippen molar-refractivity contribution in [2.75, 3.05) is 13.1 Å². The van der Waals surface area contributed by atoms with E-state index in [-0.39, 0.29) is 23.9 Å². The summed E-state index contributed by atoms with van der Waals surface area (Å²) in [4.78, 5) is 27.4. The first-order valence-corrected chi connectivity index (χ1v) is 10.0. The van der Waals surface area contributed by atoms with Gasteiger partial charge in [0, 0.05) is 29.5 Å². The molecule has 0 atom stereocenters. The molecule has 1 heterocycles. The number of carbonyl (C=O) groups is 2. The molecule has 0 unspecified atom stereocenters. The van der Waals surface area contributed by atoms with Crippen molar-refractivity contribution in [3.63, 3.8) is 0 Å². The largest absolute Gasteiger partial charge is 0.350 e. The fraction of sp³-hybridized carbons (Fsp3) is 0.333. The van der Waals surface area contributed by atoms with E-state index in [1.807, 2.05) is 80.8 Å². The molecule has 0 saturated heterocycles. The number of carbonyl (C=O) groups excluding carboxylic acids is 2. The number of aromatic nitrogens is 1. The molecular weight excluding hydrogens is 362 g/mol. The lowest BCUT2D eigenvalue weighted by molar-refractivity contribution is -0.123. The van der Waals surface area contributed by atoms with E-state index >= 15 is 0 Å². The molecule has 0 bridgehead atoms.